The Kier molecular flexibility index (Phi) is 55.8. The van der Waals surface area contributed by atoms with E-state index in [4.69, 9.17) is 14.2 Å². The molecule has 0 fully saturated rings. The SMILES string of the molecule is CC/C=C\C/C=C\C/C=C\CCCCCCCCCCCC(=O)OCC(COC(=O)CCCCCCCCC/C=C\C/C=C\CC)OC(=O)CCCCCCCCC/C=C\CCCCCCCCCC. The summed E-state index contributed by atoms with van der Waals surface area (Å²) >= 11 is 0. The molecule has 0 aliphatic heterocycles. The van der Waals surface area contributed by atoms with E-state index in [9.17, 15) is 14.4 Å². The molecule has 0 amide bonds. The van der Waals surface area contributed by atoms with Crippen molar-refractivity contribution in [3.05, 3.63) is 72.9 Å². The lowest BCUT2D eigenvalue weighted by Crippen LogP contribution is -2.30. The lowest BCUT2D eigenvalue weighted by Gasteiger charge is -2.18. The van der Waals surface area contributed by atoms with Crippen molar-refractivity contribution in [3.8, 4) is 0 Å². The summed E-state index contributed by atoms with van der Waals surface area (Å²) in [5.74, 6) is -0.889. The molecule has 0 rings (SSSR count). The highest BCUT2D eigenvalue weighted by Gasteiger charge is 2.19. The minimum atomic E-state index is -0.784. The Morgan fingerprint density at radius 3 is 0.886 bits per heavy atom. The van der Waals surface area contributed by atoms with Crippen LogP contribution in [0.3, 0.4) is 0 Å². The smallest absolute Gasteiger partial charge is 0.306 e. The molecule has 0 bridgehead atoms. The zero-order valence-corrected chi connectivity index (χ0v) is 46.3. The van der Waals surface area contributed by atoms with Crippen LogP contribution in [0, 0.1) is 0 Å². The second-order valence-corrected chi connectivity index (χ2v) is 19.8. The Morgan fingerprint density at radius 1 is 0.300 bits per heavy atom. The first kappa shape index (κ1) is 66.9. The molecule has 1 atom stereocenters. The first-order valence-electron chi connectivity index (χ1n) is 29.9. The van der Waals surface area contributed by atoms with Crippen molar-refractivity contribution in [1.29, 1.82) is 0 Å². The molecule has 0 N–H and O–H groups in total. The Balaban J connectivity index is 4.37. The molecule has 404 valence electrons. The van der Waals surface area contributed by atoms with Crippen LogP contribution in [0.25, 0.3) is 0 Å². The Hall–Kier alpha value is -3.15. The van der Waals surface area contributed by atoms with E-state index in [0.29, 0.717) is 19.3 Å². The number of esters is 3. The number of hydrogen-bond acceptors (Lipinski definition) is 6. The van der Waals surface area contributed by atoms with E-state index in [1.807, 2.05) is 0 Å². The third kappa shape index (κ3) is 55.8. The zero-order valence-electron chi connectivity index (χ0n) is 46.3. The molecule has 0 aromatic carbocycles. The molecule has 6 heteroatoms. The van der Waals surface area contributed by atoms with Crippen LogP contribution < -0.4 is 0 Å². The molecule has 1 unspecified atom stereocenters. The fraction of sp³-hybridized carbons (Fsp3) is 0.766. The predicted octanol–water partition coefficient (Wildman–Crippen LogP) is 20.2. The van der Waals surface area contributed by atoms with E-state index in [1.165, 1.54) is 161 Å². The number of carbonyl (C=O) groups excluding carboxylic acids is 3. The second-order valence-electron chi connectivity index (χ2n) is 19.8. The van der Waals surface area contributed by atoms with Gasteiger partial charge in [-0.1, -0.05) is 248 Å². The highest BCUT2D eigenvalue weighted by molar-refractivity contribution is 5.71. The minimum Gasteiger partial charge on any atom is -0.462 e. The Labute approximate surface area is 433 Å². The molecule has 0 aromatic heterocycles. The van der Waals surface area contributed by atoms with Crippen molar-refractivity contribution in [3.63, 3.8) is 0 Å². The minimum absolute atomic E-state index is 0.0816. The van der Waals surface area contributed by atoms with Gasteiger partial charge in [-0.2, -0.15) is 0 Å². The number of carbonyl (C=O) groups is 3. The Bertz CT molecular complexity index is 1310. The molecule has 70 heavy (non-hydrogen) atoms. The maximum atomic E-state index is 12.9. The molecule has 0 heterocycles. The maximum absolute atomic E-state index is 12.9. The van der Waals surface area contributed by atoms with Crippen LogP contribution in [-0.2, 0) is 28.6 Å². The third-order valence-electron chi connectivity index (χ3n) is 12.9. The lowest BCUT2D eigenvalue weighted by atomic mass is 10.1. The van der Waals surface area contributed by atoms with Crippen LogP contribution in [-0.4, -0.2) is 37.2 Å². The zero-order chi connectivity index (χ0) is 50.7. The van der Waals surface area contributed by atoms with E-state index in [0.717, 1.165) is 96.3 Å². The highest BCUT2D eigenvalue weighted by Crippen LogP contribution is 2.16. The topological polar surface area (TPSA) is 78.9 Å². The molecular weight excluding hydrogens is 865 g/mol. The molecular formula is C64H112O6. The lowest BCUT2D eigenvalue weighted by molar-refractivity contribution is -0.167. The van der Waals surface area contributed by atoms with E-state index in [-0.39, 0.29) is 31.1 Å². The fourth-order valence-electron chi connectivity index (χ4n) is 8.49. The molecule has 0 aliphatic rings. The van der Waals surface area contributed by atoms with Gasteiger partial charge in [0, 0.05) is 19.3 Å². The van der Waals surface area contributed by atoms with Gasteiger partial charge in [0.05, 0.1) is 0 Å². The molecule has 0 aliphatic carbocycles. The largest absolute Gasteiger partial charge is 0.462 e. The number of unbranched alkanes of at least 4 members (excludes halogenated alkanes) is 31. The van der Waals surface area contributed by atoms with Crippen LogP contribution in [0.15, 0.2) is 72.9 Å². The molecule has 0 saturated carbocycles. The van der Waals surface area contributed by atoms with Gasteiger partial charge >= 0.3 is 17.9 Å². The summed E-state index contributed by atoms with van der Waals surface area (Å²) in [6.07, 6.45) is 74.7. The molecule has 0 spiro atoms. The normalized spacial score (nSPS) is 12.6. The fourth-order valence-corrected chi connectivity index (χ4v) is 8.49. The summed E-state index contributed by atoms with van der Waals surface area (Å²) in [5.41, 5.74) is 0. The average Bonchev–Trinajstić information content (AvgIpc) is 3.36. The van der Waals surface area contributed by atoms with Crippen LogP contribution in [0.4, 0.5) is 0 Å². The van der Waals surface area contributed by atoms with Crippen molar-refractivity contribution in [2.45, 2.75) is 303 Å². The van der Waals surface area contributed by atoms with Gasteiger partial charge in [-0.25, -0.2) is 0 Å². The average molecular weight is 978 g/mol. The summed E-state index contributed by atoms with van der Waals surface area (Å²) in [5, 5.41) is 0. The van der Waals surface area contributed by atoms with Gasteiger partial charge in [0.2, 0.25) is 0 Å². The van der Waals surface area contributed by atoms with Crippen LogP contribution in [0.2, 0.25) is 0 Å². The van der Waals surface area contributed by atoms with Crippen LogP contribution in [0.1, 0.15) is 297 Å². The third-order valence-corrected chi connectivity index (χ3v) is 12.9. The maximum Gasteiger partial charge on any atom is 0.306 e. The first-order chi connectivity index (χ1) is 34.5. The van der Waals surface area contributed by atoms with E-state index in [2.05, 4.69) is 93.7 Å². The molecule has 6 nitrogen and oxygen atoms in total. The predicted molar refractivity (Wildman–Crippen MR) is 302 cm³/mol. The van der Waals surface area contributed by atoms with E-state index < -0.39 is 6.10 Å². The number of ether oxygens (including phenoxy) is 3. The van der Waals surface area contributed by atoms with Crippen LogP contribution >= 0.6 is 0 Å². The van der Waals surface area contributed by atoms with Gasteiger partial charge in [-0.05, 0) is 103 Å². The molecule has 0 aromatic rings. The quantitative estimate of drug-likeness (QED) is 0.0261. The number of rotatable bonds is 54. The second kappa shape index (κ2) is 58.4. The summed E-state index contributed by atoms with van der Waals surface area (Å²) in [7, 11) is 0. The van der Waals surface area contributed by atoms with Crippen LogP contribution in [0.5, 0.6) is 0 Å². The molecule has 0 radical (unpaired) electrons. The van der Waals surface area contributed by atoms with Gasteiger partial charge in [-0.3, -0.25) is 14.4 Å². The highest BCUT2D eigenvalue weighted by atomic mass is 16.6. The van der Waals surface area contributed by atoms with Gasteiger partial charge in [0.15, 0.2) is 6.10 Å². The van der Waals surface area contributed by atoms with Gasteiger partial charge in [0.1, 0.15) is 13.2 Å². The molecule has 0 saturated heterocycles. The summed E-state index contributed by atoms with van der Waals surface area (Å²) in [6, 6.07) is 0. The van der Waals surface area contributed by atoms with Crippen molar-refractivity contribution in [1.82, 2.24) is 0 Å². The summed E-state index contributed by atoms with van der Waals surface area (Å²) in [6.45, 7) is 6.44. The van der Waals surface area contributed by atoms with Gasteiger partial charge < -0.3 is 14.2 Å². The number of hydrogen-bond donors (Lipinski definition) is 0. The standard InChI is InChI=1S/C64H112O6/c1-4-7-10-13-16-19-22-25-28-30-32-34-36-39-42-45-48-51-54-57-63(66)69-60-61(59-68-62(65)56-53-50-47-44-41-38-27-24-21-18-15-12-9-6-3)70-64(67)58-55-52-49-46-43-40-37-35-33-31-29-26-23-20-17-14-11-8-5-2/h7,9-10,12,16,18-19,21,25,28,31,33,61H,4-6,8,11,13-15,17,20,22-24,26-27,29-30,32,34-60H2,1-3H3/b10-7-,12-9-,19-16-,21-18-,28-25-,33-31-. The number of allylic oxidation sites excluding steroid dienone is 12. The first-order valence-corrected chi connectivity index (χ1v) is 29.9. The van der Waals surface area contributed by atoms with Crippen molar-refractivity contribution >= 4 is 17.9 Å². The van der Waals surface area contributed by atoms with E-state index in [1.54, 1.807) is 0 Å². The van der Waals surface area contributed by atoms with Gasteiger partial charge in [-0.15, -0.1) is 0 Å². The Morgan fingerprint density at radius 2 is 0.557 bits per heavy atom. The summed E-state index contributed by atoms with van der Waals surface area (Å²) in [4.78, 5) is 38.2. The van der Waals surface area contributed by atoms with Gasteiger partial charge in [0.25, 0.3) is 0 Å². The van der Waals surface area contributed by atoms with E-state index >= 15 is 0 Å². The van der Waals surface area contributed by atoms with Crippen molar-refractivity contribution < 1.29 is 28.6 Å². The summed E-state index contributed by atoms with van der Waals surface area (Å²) < 4.78 is 16.9. The van der Waals surface area contributed by atoms with Crippen molar-refractivity contribution in [2.24, 2.45) is 0 Å². The monoisotopic (exact) mass is 977 g/mol. The van der Waals surface area contributed by atoms with Crippen molar-refractivity contribution in [2.75, 3.05) is 13.2 Å².